The average Bonchev–Trinajstić information content (AvgIpc) is 3.24. The first kappa shape index (κ1) is 19.0. The van der Waals surface area contributed by atoms with Crippen molar-refractivity contribution in [3.8, 4) is 0 Å². The van der Waals surface area contributed by atoms with Gasteiger partial charge in [0.05, 0.1) is 16.4 Å². The molecule has 6 nitrogen and oxygen atoms in total. The van der Waals surface area contributed by atoms with Gasteiger partial charge in [-0.1, -0.05) is 36.9 Å². The van der Waals surface area contributed by atoms with E-state index in [1.54, 1.807) is 13.0 Å². The van der Waals surface area contributed by atoms with E-state index < -0.39 is 9.84 Å². The Bertz CT molecular complexity index is 1150. The topological polar surface area (TPSA) is 80.5 Å². The summed E-state index contributed by atoms with van der Waals surface area (Å²) in [6.45, 7) is 3.64. The third-order valence-electron chi connectivity index (χ3n) is 4.87. The summed E-state index contributed by atoms with van der Waals surface area (Å²) in [6.07, 6.45) is 0.851. The van der Waals surface area contributed by atoms with Crippen molar-refractivity contribution in [2.24, 2.45) is 0 Å². The Morgan fingerprint density at radius 2 is 2.07 bits per heavy atom. The van der Waals surface area contributed by atoms with Gasteiger partial charge >= 0.3 is 0 Å². The molecular formula is C20H20N2O4S2. The minimum Gasteiger partial charge on any atom is -0.431 e. The highest BCUT2D eigenvalue weighted by Gasteiger charge is 2.30. The highest BCUT2D eigenvalue weighted by Crippen LogP contribution is 2.33. The van der Waals surface area contributed by atoms with Gasteiger partial charge in [0.25, 0.3) is 5.22 Å². The summed E-state index contributed by atoms with van der Waals surface area (Å²) in [4.78, 5) is 19.2. The molecule has 28 heavy (non-hydrogen) atoms. The minimum atomic E-state index is -3.30. The van der Waals surface area contributed by atoms with E-state index in [0.717, 1.165) is 12.1 Å². The standard InChI is InChI=1S/C20H20N2O4S2/c1-3-28(24,25)15-8-9-18-16(11-15)21-20(26-18)27-12-19(23)22-13(2)10-14-6-4-5-7-17(14)22/h4-9,11,13H,3,10,12H2,1-2H3/t13-/m0/s1. The summed E-state index contributed by atoms with van der Waals surface area (Å²) in [5.41, 5.74) is 3.13. The van der Waals surface area contributed by atoms with Gasteiger partial charge in [0.15, 0.2) is 15.4 Å². The highest BCUT2D eigenvalue weighted by molar-refractivity contribution is 7.99. The Balaban J connectivity index is 1.51. The van der Waals surface area contributed by atoms with Gasteiger partial charge in [0, 0.05) is 11.7 Å². The zero-order valence-corrected chi connectivity index (χ0v) is 17.2. The molecule has 0 bridgehead atoms. The Morgan fingerprint density at radius 3 is 2.86 bits per heavy atom. The van der Waals surface area contributed by atoms with Crippen LogP contribution in [0.15, 0.2) is 57.0 Å². The maximum atomic E-state index is 12.8. The smallest absolute Gasteiger partial charge is 0.257 e. The number of thioether (sulfide) groups is 1. The Hall–Kier alpha value is -2.32. The minimum absolute atomic E-state index is 0.000967. The number of oxazole rings is 1. The van der Waals surface area contributed by atoms with Crippen LogP contribution in [-0.2, 0) is 21.1 Å². The van der Waals surface area contributed by atoms with Crippen LogP contribution < -0.4 is 4.90 Å². The number of sulfone groups is 1. The molecule has 0 saturated heterocycles. The molecule has 0 unspecified atom stereocenters. The first-order valence-corrected chi connectivity index (χ1v) is 11.7. The van der Waals surface area contributed by atoms with Crippen LogP contribution in [0.5, 0.6) is 0 Å². The van der Waals surface area contributed by atoms with Crippen molar-refractivity contribution in [1.82, 2.24) is 4.98 Å². The van der Waals surface area contributed by atoms with Crippen LogP contribution in [0.25, 0.3) is 11.1 Å². The Morgan fingerprint density at radius 1 is 1.29 bits per heavy atom. The molecule has 0 N–H and O–H groups in total. The second-order valence-corrected chi connectivity index (χ2v) is 9.95. The predicted octanol–water partition coefficient (Wildman–Crippen LogP) is 3.69. The van der Waals surface area contributed by atoms with E-state index in [0.29, 0.717) is 16.3 Å². The van der Waals surface area contributed by atoms with Crippen LogP contribution in [0.1, 0.15) is 19.4 Å². The van der Waals surface area contributed by atoms with Crippen molar-refractivity contribution in [2.75, 3.05) is 16.4 Å². The molecule has 1 aliphatic rings. The molecule has 1 aromatic heterocycles. The lowest BCUT2D eigenvalue weighted by atomic mass is 10.1. The number of fused-ring (bicyclic) bond motifs is 2. The molecule has 146 valence electrons. The fraction of sp³-hybridized carbons (Fsp3) is 0.300. The van der Waals surface area contributed by atoms with Crippen molar-refractivity contribution in [3.63, 3.8) is 0 Å². The van der Waals surface area contributed by atoms with E-state index in [1.165, 1.54) is 29.5 Å². The summed E-state index contributed by atoms with van der Waals surface area (Å²) in [5, 5.41) is 0.356. The fourth-order valence-corrected chi connectivity index (χ4v) is 5.04. The summed E-state index contributed by atoms with van der Waals surface area (Å²) in [6, 6.07) is 12.7. The van der Waals surface area contributed by atoms with Gasteiger partial charge < -0.3 is 9.32 Å². The van der Waals surface area contributed by atoms with E-state index in [4.69, 9.17) is 4.42 Å². The van der Waals surface area contributed by atoms with Crippen LogP contribution >= 0.6 is 11.8 Å². The molecule has 1 amide bonds. The Kier molecular flexibility index (Phi) is 4.93. The van der Waals surface area contributed by atoms with Gasteiger partial charge in [-0.2, -0.15) is 0 Å². The van der Waals surface area contributed by atoms with E-state index in [2.05, 4.69) is 11.1 Å². The molecule has 1 atom stereocenters. The molecule has 4 rings (SSSR count). The van der Waals surface area contributed by atoms with Crippen molar-refractivity contribution < 1.29 is 17.6 Å². The quantitative estimate of drug-likeness (QED) is 0.590. The number of hydrogen-bond donors (Lipinski definition) is 0. The van der Waals surface area contributed by atoms with Crippen molar-refractivity contribution in [3.05, 3.63) is 48.0 Å². The molecule has 2 aromatic carbocycles. The zero-order valence-electron chi connectivity index (χ0n) is 15.6. The number of carbonyl (C=O) groups excluding carboxylic acids is 1. The summed E-state index contributed by atoms with van der Waals surface area (Å²) in [5.74, 6) is 0.229. The number of hydrogen-bond acceptors (Lipinski definition) is 6. The molecule has 0 spiro atoms. The Labute approximate surface area is 167 Å². The zero-order chi connectivity index (χ0) is 19.9. The lowest BCUT2D eigenvalue weighted by molar-refractivity contribution is -0.116. The lowest BCUT2D eigenvalue weighted by Gasteiger charge is -2.22. The second kappa shape index (κ2) is 7.25. The van der Waals surface area contributed by atoms with Crippen LogP contribution in [0.3, 0.4) is 0 Å². The van der Waals surface area contributed by atoms with Crippen LogP contribution in [0.4, 0.5) is 5.69 Å². The van der Waals surface area contributed by atoms with E-state index in [9.17, 15) is 13.2 Å². The molecule has 2 heterocycles. The number of para-hydroxylation sites is 1. The number of amides is 1. The lowest BCUT2D eigenvalue weighted by Crippen LogP contribution is -2.36. The third kappa shape index (κ3) is 3.42. The van der Waals surface area contributed by atoms with Gasteiger partial charge in [-0.15, -0.1) is 0 Å². The first-order chi connectivity index (χ1) is 13.4. The summed E-state index contributed by atoms with van der Waals surface area (Å²) in [7, 11) is -3.30. The van der Waals surface area contributed by atoms with Crippen LogP contribution in [-0.4, -0.2) is 36.9 Å². The molecule has 0 radical (unpaired) electrons. The molecule has 8 heteroatoms. The summed E-state index contributed by atoms with van der Waals surface area (Å²) < 4.78 is 29.7. The number of carbonyl (C=O) groups is 1. The molecule has 0 fully saturated rings. The van der Waals surface area contributed by atoms with Crippen LogP contribution in [0, 0.1) is 0 Å². The van der Waals surface area contributed by atoms with Crippen molar-refractivity contribution >= 4 is 44.3 Å². The number of rotatable bonds is 5. The predicted molar refractivity (Wildman–Crippen MR) is 110 cm³/mol. The van der Waals surface area contributed by atoms with Gasteiger partial charge in [0.2, 0.25) is 5.91 Å². The van der Waals surface area contributed by atoms with Gasteiger partial charge in [-0.05, 0) is 43.2 Å². The maximum absolute atomic E-state index is 12.8. The van der Waals surface area contributed by atoms with Crippen LogP contribution in [0.2, 0.25) is 0 Å². The number of nitrogens with zero attached hydrogens (tertiary/aromatic N) is 2. The molecule has 1 aliphatic heterocycles. The third-order valence-corrected chi connectivity index (χ3v) is 7.42. The van der Waals surface area contributed by atoms with E-state index in [1.807, 2.05) is 30.0 Å². The average molecular weight is 417 g/mol. The highest BCUT2D eigenvalue weighted by atomic mass is 32.2. The van der Waals surface area contributed by atoms with Gasteiger partial charge in [0.1, 0.15) is 5.52 Å². The maximum Gasteiger partial charge on any atom is 0.257 e. The largest absolute Gasteiger partial charge is 0.431 e. The number of anilines is 1. The molecule has 0 saturated carbocycles. The summed E-state index contributed by atoms with van der Waals surface area (Å²) >= 11 is 1.22. The number of aromatic nitrogens is 1. The molecule has 3 aromatic rings. The molecular weight excluding hydrogens is 396 g/mol. The second-order valence-electron chi connectivity index (χ2n) is 6.75. The van der Waals surface area contributed by atoms with Gasteiger partial charge in [-0.25, -0.2) is 13.4 Å². The first-order valence-electron chi connectivity index (χ1n) is 9.05. The SMILES string of the molecule is CCS(=O)(=O)c1ccc2oc(SCC(=O)N3c4ccccc4C[C@@H]3C)nc2c1. The van der Waals surface area contributed by atoms with Gasteiger partial charge in [-0.3, -0.25) is 4.79 Å². The monoisotopic (exact) mass is 416 g/mol. The fourth-order valence-electron chi connectivity index (χ4n) is 3.45. The van der Waals surface area contributed by atoms with E-state index in [-0.39, 0.29) is 28.4 Å². The van der Waals surface area contributed by atoms with Crippen molar-refractivity contribution in [1.29, 1.82) is 0 Å². The molecule has 0 aliphatic carbocycles. The normalized spacial score (nSPS) is 16.5. The number of benzene rings is 2. The van der Waals surface area contributed by atoms with Crippen molar-refractivity contribution in [2.45, 2.75) is 36.4 Å². The van der Waals surface area contributed by atoms with E-state index >= 15 is 0 Å².